The molecule has 1 rings (SSSR count). The van der Waals surface area contributed by atoms with Crippen molar-refractivity contribution in [1.29, 1.82) is 0 Å². The molecule has 0 N–H and O–H groups in total. The molecule has 1 aromatic rings. The summed E-state index contributed by atoms with van der Waals surface area (Å²) in [4.78, 5) is 26.7. The number of hydrogen-bond donors (Lipinski definition) is 0. The van der Waals surface area contributed by atoms with Crippen LogP contribution in [0.25, 0.3) is 0 Å². The summed E-state index contributed by atoms with van der Waals surface area (Å²) in [6.45, 7) is 3.50. The molecular weight excluding hydrogens is 224 g/mol. The third kappa shape index (κ3) is 2.89. The van der Waals surface area contributed by atoms with Gasteiger partial charge in [0.25, 0.3) is 6.43 Å². The first-order valence-electron chi connectivity index (χ1n) is 4.20. The molecule has 15 heavy (non-hydrogen) atoms. The van der Waals surface area contributed by atoms with Gasteiger partial charge in [-0.1, -0.05) is 0 Å². The van der Waals surface area contributed by atoms with E-state index in [1.807, 2.05) is 0 Å². The van der Waals surface area contributed by atoms with Gasteiger partial charge < -0.3 is 0 Å². The molecule has 6 heteroatoms. The molecule has 0 saturated heterocycles. The molecule has 1 aromatic heterocycles. The molecule has 0 aliphatic heterocycles. The van der Waals surface area contributed by atoms with Crippen molar-refractivity contribution < 1.29 is 18.4 Å². The zero-order valence-electron chi connectivity index (χ0n) is 8.21. The van der Waals surface area contributed by atoms with E-state index >= 15 is 0 Å². The lowest BCUT2D eigenvalue weighted by Crippen LogP contribution is -2.15. The number of rotatable bonds is 4. The maximum atomic E-state index is 11.9. The van der Waals surface area contributed by atoms with Crippen LogP contribution in [0.2, 0.25) is 0 Å². The van der Waals surface area contributed by atoms with E-state index in [4.69, 9.17) is 0 Å². The second-order valence-electron chi connectivity index (χ2n) is 3.03. The first-order chi connectivity index (χ1) is 6.91. The second kappa shape index (κ2) is 4.57. The Morgan fingerprint density at radius 3 is 2.40 bits per heavy atom. The van der Waals surface area contributed by atoms with Crippen molar-refractivity contribution in [3.63, 3.8) is 0 Å². The predicted molar refractivity (Wildman–Crippen MR) is 51.5 cm³/mol. The van der Waals surface area contributed by atoms with Crippen LogP contribution < -0.4 is 0 Å². The molecule has 3 nitrogen and oxygen atoms in total. The van der Waals surface area contributed by atoms with Crippen molar-refractivity contribution in [2.75, 3.05) is 0 Å². The molecule has 0 radical (unpaired) electrons. The highest BCUT2D eigenvalue weighted by molar-refractivity contribution is 7.13. The number of nitrogens with zero attached hydrogens (tertiary/aromatic N) is 1. The van der Waals surface area contributed by atoms with Gasteiger partial charge in [0.05, 0.1) is 12.1 Å². The van der Waals surface area contributed by atoms with Crippen LogP contribution >= 0.6 is 11.3 Å². The Hall–Kier alpha value is -1.17. The number of carbonyl (C=O) groups is 2. The SMILES string of the molecule is Cc1nc(C(=O)CC(=O)C(F)F)sc1C. The van der Waals surface area contributed by atoms with Gasteiger partial charge in [-0.15, -0.1) is 11.3 Å². The highest BCUT2D eigenvalue weighted by Crippen LogP contribution is 2.18. The van der Waals surface area contributed by atoms with Crippen molar-refractivity contribution in [3.05, 3.63) is 15.6 Å². The lowest BCUT2D eigenvalue weighted by molar-refractivity contribution is -0.128. The first-order valence-corrected chi connectivity index (χ1v) is 5.01. The van der Waals surface area contributed by atoms with Gasteiger partial charge in [-0.05, 0) is 13.8 Å². The molecule has 0 amide bonds. The Morgan fingerprint density at radius 2 is 2.00 bits per heavy atom. The van der Waals surface area contributed by atoms with Crippen LogP contribution in [0.15, 0.2) is 0 Å². The zero-order valence-corrected chi connectivity index (χ0v) is 9.03. The van der Waals surface area contributed by atoms with Crippen LogP contribution in [-0.2, 0) is 4.79 Å². The average molecular weight is 233 g/mol. The zero-order chi connectivity index (χ0) is 11.6. The summed E-state index contributed by atoms with van der Waals surface area (Å²) in [5.41, 5.74) is 0.688. The fourth-order valence-corrected chi connectivity index (χ4v) is 1.75. The number of Topliss-reactive ketones (excluding diaryl/α,β-unsaturated/α-hetero) is 2. The Morgan fingerprint density at radius 1 is 1.40 bits per heavy atom. The van der Waals surface area contributed by atoms with E-state index < -0.39 is 24.4 Å². The largest absolute Gasteiger partial charge is 0.296 e. The topological polar surface area (TPSA) is 47.0 Å². The summed E-state index contributed by atoms with van der Waals surface area (Å²) in [6, 6.07) is 0. The molecule has 82 valence electrons. The maximum Gasteiger partial charge on any atom is 0.296 e. The maximum absolute atomic E-state index is 11.9. The van der Waals surface area contributed by atoms with Gasteiger partial charge in [-0.25, -0.2) is 13.8 Å². The van der Waals surface area contributed by atoms with E-state index in [2.05, 4.69) is 4.98 Å². The molecule has 0 spiro atoms. The average Bonchev–Trinajstić information content (AvgIpc) is 2.46. The molecule has 0 bridgehead atoms. The van der Waals surface area contributed by atoms with E-state index in [0.717, 1.165) is 16.2 Å². The highest BCUT2D eigenvalue weighted by atomic mass is 32.1. The van der Waals surface area contributed by atoms with Crippen LogP contribution in [0.4, 0.5) is 8.78 Å². The number of alkyl halides is 2. The van der Waals surface area contributed by atoms with E-state index in [1.165, 1.54) is 0 Å². The van der Waals surface area contributed by atoms with Crippen LogP contribution in [0.3, 0.4) is 0 Å². The number of carbonyl (C=O) groups excluding carboxylic acids is 2. The number of aromatic nitrogens is 1. The number of ketones is 2. The standard InChI is InChI=1S/C9H9F2NO2S/c1-4-5(2)15-9(12-4)7(14)3-6(13)8(10)11/h8H,3H2,1-2H3. The fraction of sp³-hybridized carbons (Fsp3) is 0.444. The number of aryl methyl sites for hydroxylation is 2. The monoisotopic (exact) mass is 233 g/mol. The van der Waals surface area contributed by atoms with Crippen molar-refractivity contribution in [2.45, 2.75) is 26.7 Å². The van der Waals surface area contributed by atoms with Gasteiger partial charge in [0.15, 0.2) is 10.8 Å². The molecule has 0 aromatic carbocycles. The Balaban J connectivity index is 2.74. The highest BCUT2D eigenvalue weighted by Gasteiger charge is 2.22. The van der Waals surface area contributed by atoms with Gasteiger partial charge in [0, 0.05) is 4.88 Å². The van der Waals surface area contributed by atoms with Gasteiger partial charge in [0.2, 0.25) is 5.78 Å². The summed E-state index contributed by atoms with van der Waals surface area (Å²) < 4.78 is 23.7. The van der Waals surface area contributed by atoms with Crippen LogP contribution in [0, 0.1) is 13.8 Å². The lowest BCUT2D eigenvalue weighted by Gasteiger charge is -1.95. The van der Waals surface area contributed by atoms with Crippen LogP contribution in [-0.4, -0.2) is 23.0 Å². The van der Waals surface area contributed by atoms with Gasteiger partial charge in [0.1, 0.15) is 0 Å². The molecular formula is C9H9F2NO2S. The van der Waals surface area contributed by atoms with Gasteiger partial charge >= 0.3 is 0 Å². The summed E-state index contributed by atoms with van der Waals surface area (Å²) in [7, 11) is 0. The van der Waals surface area contributed by atoms with E-state index in [0.29, 0.717) is 5.69 Å². The van der Waals surface area contributed by atoms with Gasteiger partial charge in [-0.2, -0.15) is 0 Å². The van der Waals surface area contributed by atoms with Crippen LogP contribution in [0.5, 0.6) is 0 Å². The smallest absolute Gasteiger partial charge is 0.293 e. The minimum Gasteiger partial charge on any atom is -0.293 e. The van der Waals surface area contributed by atoms with Crippen molar-refractivity contribution >= 4 is 22.9 Å². The normalized spacial score (nSPS) is 10.7. The number of hydrogen-bond acceptors (Lipinski definition) is 4. The fourth-order valence-electron chi connectivity index (χ4n) is 0.903. The minimum absolute atomic E-state index is 0.124. The van der Waals surface area contributed by atoms with E-state index in [1.54, 1.807) is 13.8 Å². The third-order valence-corrected chi connectivity index (χ3v) is 2.96. The Labute approximate surface area is 89.1 Å². The van der Waals surface area contributed by atoms with Gasteiger partial charge in [-0.3, -0.25) is 9.59 Å². The summed E-state index contributed by atoms with van der Waals surface area (Å²) in [6.07, 6.45) is -3.86. The number of halogens is 2. The van der Waals surface area contributed by atoms with E-state index in [-0.39, 0.29) is 5.01 Å². The minimum atomic E-state index is -3.09. The molecule has 0 fully saturated rings. The molecule has 0 aliphatic carbocycles. The Bertz CT molecular complexity index is 381. The van der Waals surface area contributed by atoms with Crippen molar-refractivity contribution in [1.82, 2.24) is 4.98 Å². The van der Waals surface area contributed by atoms with Crippen molar-refractivity contribution in [2.24, 2.45) is 0 Å². The molecule has 0 unspecified atom stereocenters. The first kappa shape index (κ1) is 11.9. The van der Waals surface area contributed by atoms with Crippen LogP contribution in [0.1, 0.15) is 26.8 Å². The number of thiazole rings is 1. The van der Waals surface area contributed by atoms with Crippen molar-refractivity contribution in [3.8, 4) is 0 Å². The Kier molecular flexibility index (Phi) is 3.62. The molecule has 0 aliphatic rings. The predicted octanol–water partition coefficient (Wildman–Crippen LogP) is 2.17. The summed E-state index contributed by atoms with van der Waals surface area (Å²) in [5, 5.41) is 0.124. The lowest BCUT2D eigenvalue weighted by atomic mass is 10.2. The molecule has 0 atom stereocenters. The molecule has 1 heterocycles. The third-order valence-electron chi connectivity index (χ3n) is 1.85. The second-order valence-corrected chi connectivity index (χ2v) is 4.23. The quantitative estimate of drug-likeness (QED) is 0.591. The molecule has 0 saturated carbocycles. The summed E-state index contributed by atoms with van der Waals surface area (Å²) in [5.74, 6) is -1.99. The summed E-state index contributed by atoms with van der Waals surface area (Å²) >= 11 is 1.12. The van der Waals surface area contributed by atoms with E-state index in [9.17, 15) is 18.4 Å².